The van der Waals surface area contributed by atoms with Crippen molar-refractivity contribution in [3.63, 3.8) is 0 Å². The summed E-state index contributed by atoms with van der Waals surface area (Å²) in [6.45, 7) is 12.5. The highest BCUT2D eigenvalue weighted by molar-refractivity contribution is 5.87. The van der Waals surface area contributed by atoms with E-state index >= 15 is 0 Å². The first-order chi connectivity index (χ1) is 8.60. The van der Waals surface area contributed by atoms with Gasteiger partial charge in [-0.05, 0) is 42.9 Å². The third-order valence-electron chi connectivity index (χ3n) is 3.57. The summed E-state index contributed by atoms with van der Waals surface area (Å²) in [5.41, 5.74) is 8.45. The lowest BCUT2D eigenvalue weighted by Gasteiger charge is -2.28. The SMILES string of the molecule is CNNC(=O)C(C)(C)c1ccc(C(C)(C)C)cc1C. The summed E-state index contributed by atoms with van der Waals surface area (Å²) in [7, 11) is 1.70. The van der Waals surface area contributed by atoms with Crippen molar-refractivity contribution in [3.05, 3.63) is 34.9 Å². The van der Waals surface area contributed by atoms with Crippen LogP contribution < -0.4 is 10.9 Å². The highest BCUT2D eigenvalue weighted by atomic mass is 16.2. The monoisotopic (exact) mass is 262 g/mol. The summed E-state index contributed by atoms with van der Waals surface area (Å²) >= 11 is 0. The van der Waals surface area contributed by atoms with Gasteiger partial charge in [-0.1, -0.05) is 39.0 Å². The van der Waals surface area contributed by atoms with Crippen molar-refractivity contribution < 1.29 is 4.79 Å². The summed E-state index contributed by atoms with van der Waals surface area (Å²) in [6.07, 6.45) is 0. The van der Waals surface area contributed by atoms with Gasteiger partial charge in [0.15, 0.2) is 0 Å². The first kappa shape index (κ1) is 15.7. The molecule has 0 atom stereocenters. The van der Waals surface area contributed by atoms with Crippen molar-refractivity contribution >= 4 is 5.91 Å². The van der Waals surface area contributed by atoms with Crippen molar-refractivity contribution in [2.24, 2.45) is 0 Å². The molecule has 1 aromatic carbocycles. The van der Waals surface area contributed by atoms with Gasteiger partial charge in [-0.25, -0.2) is 5.43 Å². The molecular weight excluding hydrogens is 236 g/mol. The number of hydrogen-bond acceptors (Lipinski definition) is 2. The molecule has 0 aromatic heterocycles. The van der Waals surface area contributed by atoms with E-state index in [0.717, 1.165) is 11.1 Å². The first-order valence-corrected chi connectivity index (χ1v) is 6.69. The molecule has 0 saturated carbocycles. The fraction of sp³-hybridized carbons (Fsp3) is 0.562. The molecule has 0 spiro atoms. The smallest absolute Gasteiger partial charge is 0.244 e. The molecule has 2 N–H and O–H groups in total. The first-order valence-electron chi connectivity index (χ1n) is 6.69. The Balaban J connectivity index is 3.19. The number of carbonyl (C=O) groups excluding carboxylic acids is 1. The highest BCUT2D eigenvalue weighted by Crippen LogP contribution is 2.30. The summed E-state index contributed by atoms with van der Waals surface area (Å²) in [5.74, 6) is -0.0263. The lowest BCUT2D eigenvalue weighted by atomic mass is 9.78. The van der Waals surface area contributed by atoms with Gasteiger partial charge in [0.05, 0.1) is 5.41 Å². The van der Waals surface area contributed by atoms with Crippen LogP contribution in [0.5, 0.6) is 0 Å². The van der Waals surface area contributed by atoms with Gasteiger partial charge in [0.25, 0.3) is 0 Å². The van der Waals surface area contributed by atoms with E-state index in [1.165, 1.54) is 5.56 Å². The Kier molecular flexibility index (Phi) is 4.41. The van der Waals surface area contributed by atoms with E-state index in [4.69, 9.17) is 0 Å². The average Bonchev–Trinajstić information content (AvgIpc) is 2.27. The predicted molar refractivity (Wildman–Crippen MR) is 80.1 cm³/mol. The topological polar surface area (TPSA) is 41.1 Å². The highest BCUT2D eigenvalue weighted by Gasteiger charge is 2.31. The van der Waals surface area contributed by atoms with Gasteiger partial charge in [0.2, 0.25) is 5.91 Å². The van der Waals surface area contributed by atoms with Gasteiger partial charge >= 0.3 is 0 Å². The molecule has 1 aromatic rings. The molecule has 19 heavy (non-hydrogen) atoms. The molecule has 0 heterocycles. The van der Waals surface area contributed by atoms with Crippen molar-refractivity contribution in [3.8, 4) is 0 Å². The fourth-order valence-electron chi connectivity index (χ4n) is 2.22. The van der Waals surface area contributed by atoms with Crippen LogP contribution in [0.1, 0.15) is 51.3 Å². The second-order valence-corrected chi connectivity index (χ2v) is 6.61. The molecule has 1 amide bonds. The number of amides is 1. The van der Waals surface area contributed by atoms with Gasteiger partial charge in [-0.3, -0.25) is 10.2 Å². The third kappa shape index (κ3) is 3.35. The molecule has 0 bridgehead atoms. The maximum Gasteiger partial charge on any atom is 0.244 e. The molecule has 0 aliphatic heterocycles. The van der Waals surface area contributed by atoms with Gasteiger partial charge < -0.3 is 0 Å². The van der Waals surface area contributed by atoms with Crippen LogP contribution in [-0.2, 0) is 15.6 Å². The van der Waals surface area contributed by atoms with E-state index in [1.807, 2.05) is 13.8 Å². The minimum atomic E-state index is -0.552. The largest absolute Gasteiger partial charge is 0.291 e. The van der Waals surface area contributed by atoms with E-state index in [1.54, 1.807) is 7.05 Å². The number of hydrazine groups is 1. The zero-order chi connectivity index (χ0) is 14.8. The second kappa shape index (κ2) is 5.33. The van der Waals surface area contributed by atoms with Crippen molar-refractivity contribution in [2.75, 3.05) is 7.05 Å². The molecule has 0 fully saturated rings. The number of nitrogens with one attached hydrogen (secondary N) is 2. The normalized spacial score (nSPS) is 12.4. The van der Waals surface area contributed by atoms with Gasteiger partial charge in [0.1, 0.15) is 0 Å². The van der Waals surface area contributed by atoms with E-state index in [2.05, 4.69) is 56.7 Å². The molecule has 0 unspecified atom stereocenters. The van der Waals surface area contributed by atoms with Crippen molar-refractivity contribution in [1.82, 2.24) is 10.9 Å². The third-order valence-corrected chi connectivity index (χ3v) is 3.57. The lowest BCUT2D eigenvalue weighted by molar-refractivity contribution is -0.126. The Morgan fingerprint density at radius 2 is 1.68 bits per heavy atom. The summed E-state index contributed by atoms with van der Waals surface area (Å²) in [5, 5.41) is 0. The summed E-state index contributed by atoms with van der Waals surface area (Å²) < 4.78 is 0. The van der Waals surface area contributed by atoms with Gasteiger partial charge in [-0.2, -0.15) is 0 Å². The van der Waals surface area contributed by atoms with Crippen molar-refractivity contribution in [1.29, 1.82) is 0 Å². The molecule has 0 saturated heterocycles. The van der Waals surface area contributed by atoms with Crippen LogP contribution in [0, 0.1) is 6.92 Å². The molecule has 0 aliphatic rings. The van der Waals surface area contributed by atoms with E-state index in [-0.39, 0.29) is 11.3 Å². The van der Waals surface area contributed by atoms with Crippen LogP contribution >= 0.6 is 0 Å². The van der Waals surface area contributed by atoms with Crippen molar-refractivity contribution in [2.45, 2.75) is 52.4 Å². The molecule has 0 radical (unpaired) electrons. The van der Waals surface area contributed by atoms with Gasteiger partial charge in [-0.15, -0.1) is 0 Å². The molecular formula is C16H26N2O. The van der Waals surface area contributed by atoms with E-state index in [0.29, 0.717) is 0 Å². The Labute approximate surface area is 116 Å². The number of rotatable bonds is 3. The maximum atomic E-state index is 12.1. The van der Waals surface area contributed by atoms with E-state index < -0.39 is 5.41 Å². The van der Waals surface area contributed by atoms with Crippen LogP contribution in [0.3, 0.4) is 0 Å². The Morgan fingerprint density at radius 1 is 1.11 bits per heavy atom. The molecule has 106 valence electrons. The van der Waals surface area contributed by atoms with Crippen LogP contribution in [0.15, 0.2) is 18.2 Å². The molecule has 0 aliphatic carbocycles. The molecule has 3 heteroatoms. The van der Waals surface area contributed by atoms with E-state index in [9.17, 15) is 4.79 Å². The Hall–Kier alpha value is -1.35. The summed E-state index contributed by atoms with van der Waals surface area (Å²) in [4.78, 5) is 12.1. The number of aryl methyl sites for hydroxylation is 1. The quantitative estimate of drug-likeness (QED) is 0.822. The lowest BCUT2D eigenvalue weighted by Crippen LogP contribution is -2.45. The fourth-order valence-corrected chi connectivity index (χ4v) is 2.22. The molecule has 3 nitrogen and oxygen atoms in total. The zero-order valence-electron chi connectivity index (χ0n) is 13.1. The number of carbonyl (C=O) groups is 1. The van der Waals surface area contributed by atoms with Crippen LogP contribution in [0.4, 0.5) is 0 Å². The number of hydrogen-bond donors (Lipinski definition) is 2. The minimum absolute atomic E-state index is 0.0263. The maximum absolute atomic E-state index is 12.1. The standard InChI is InChI=1S/C16H26N2O/c1-11-10-12(15(2,3)4)8-9-13(11)16(5,6)14(19)18-17-7/h8-10,17H,1-7H3,(H,18,19). The zero-order valence-corrected chi connectivity index (χ0v) is 13.1. The molecule has 1 rings (SSSR count). The number of benzene rings is 1. The van der Waals surface area contributed by atoms with Gasteiger partial charge in [0, 0.05) is 7.05 Å². The van der Waals surface area contributed by atoms with Crippen LogP contribution in [-0.4, -0.2) is 13.0 Å². The predicted octanol–water partition coefficient (Wildman–Crippen LogP) is 2.82. The van der Waals surface area contributed by atoms with Crippen LogP contribution in [0.2, 0.25) is 0 Å². The Morgan fingerprint density at radius 3 is 2.11 bits per heavy atom. The minimum Gasteiger partial charge on any atom is -0.291 e. The van der Waals surface area contributed by atoms with Crippen LogP contribution in [0.25, 0.3) is 0 Å². The second-order valence-electron chi connectivity index (χ2n) is 6.61. The summed E-state index contributed by atoms with van der Waals surface area (Å²) in [6, 6.07) is 6.38. The average molecular weight is 262 g/mol. The Bertz CT molecular complexity index is 470.